The van der Waals surface area contributed by atoms with Crippen molar-refractivity contribution in [3.8, 4) is 0 Å². The van der Waals surface area contributed by atoms with Crippen LogP contribution in [-0.4, -0.2) is 50.8 Å². The van der Waals surface area contributed by atoms with E-state index in [0.29, 0.717) is 37.5 Å². The van der Waals surface area contributed by atoms with E-state index in [1.165, 1.54) is 25.7 Å². The zero-order valence-electron chi connectivity index (χ0n) is 14.4. The third-order valence-electron chi connectivity index (χ3n) is 5.13. The summed E-state index contributed by atoms with van der Waals surface area (Å²) in [4.78, 5) is 23.8. The average Bonchev–Trinajstić information content (AvgIpc) is 3.47. The summed E-state index contributed by atoms with van der Waals surface area (Å²) < 4.78 is 10.8. The average molecular weight is 338 g/mol. The molecular formula is C18H30N2O4. The second kappa shape index (κ2) is 8.81. The minimum Gasteiger partial charge on any atom is -0.371 e. The maximum atomic E-state index is 12.0. The van der Waals surface area contributed by atoms with Crippen LogP contribution in [0.2, 0.25) is 0 Å². The summed E-state index contributed by atoms with van der Waals surface area (Å²) in [7, 11) is 0. The summed E-state index contributed by atoms with van der Waals surface area (Å²) in [6, 6.07) is 0.148. The molecule has 2 atom stereocenters. The second-order valence-corrected chi connectivity index (χ2v) is 7.59. The molecule has 0 bridgehead atoms. The fraction of sp³-hybridized carbons (Fsp3) is 0.889. The molecule has 0 spiro atoms. The molecule has 0 unspecified atom stereocenters. The van der Waals surface area contributed by atoms with Crippen molar-refractivity contribution < 1.29 is 19.1 Å². The van der Waals surface area contributed by atoms with Gasteiger partial charge in [-0.15, -0.1) is 0 Å². The van der Waals surface area contributed by atoms with E-state index in [1.54, 1.807) is 0 Å². The van der Waals surface area contributed by atoms with Gasteiger partial charge in [0.15, 0.2) is 0 Å². The van der Waals surface area contributed by atoms with E-state index < -0.39 is 0 Å². The van der Waals surface area contributed by atoms with Crippen molar-refractivity contribution in [2.75, 3.05) is 33.0 Å². The molecule has 3 saturated carbocycles. The van der Waals surface area contributed by atoms with E-state index in [1.807, 2.05) is 0 Å². The van der Waals surface area contributed by atoms with Crippen molar-refractivity contribution in [2.24, 2.45) is 17.8 Å². The first-order chi connectivity index (χ1) is 11.7. The fourth-order valence-electron chi connectivity index (χ4n) is 3.22. The molecular weight excluding hydrogens is 308 g/mol. The topological polar surface area (TPSA) is 76.7 Å². The van der Waals surface area contributed by atoms with Crippen LogP contribution in [0.4, 0.5) is 0 Å². The van der Waals surface area contributed by atoms with Gasteiger partial charge in [0.1, 0.15) is 13.2 Å². The number of ether oxygens (including phenoxy) is 2. The minimum absolute atomic E-state index is 0.0355. The Kier molecular flexibility index (Phi) is 6.49. The van der Waals surface area contributed by atoms with E-state index in [4.69, 9.17) is 9.47 Å². The van der Waals surface area contributed by atoms with Crippen LogP contribution in [0.25, 0.3) is 0 Å². The molecule has 3 fully saturated rings. The number of hydrogen-bond donors (Lipinski definition) is 2. The normalized spacial score (nSPS) is 26.3. The van der Waals surface area contributed by atoms with Gasteiger partial charge in [0.25, 0.3) is 0 Å². The Balaban J connectivity index is 1.27. The quantitative estimate of drug-likeness (QED) is 0.594. The largest absolute Gasteiger partial charge is 0.371 e. The maximum Gasteiger partial charge on any atom is 0.246 e. The van der Waals surface area contributed by atoms with E-state index in [0.717, 1.165) is 19.3 Å². The van der Waals surface area contributed by atoms with Crippen LogP contribution < -0.4 is 10.6 Å². The van der Waals surface area contributed by atoms with Gasteiger partial charge in [-0.25, -0.2) is 0 Å². The minimum atomic E-state index is -0.0552. The lowest BCUT2D eigenvalue weighted by atomic mass is 10.0. The van der Waals surface area contributed by atoms with E-state index in [2.05, 4.69) is 10.6 Å². The number of amides is 2. The molecule has 0 aliphatic heterocycles. The van der Waals surface area contributed by atoms with Crippen molar-refractivity contribution in [1.82, 2.24) is 10.6 Å². The molecule has 2 N–H and O–H groups in total. The molecule has 6 heteroatoms. The highest BCUT2D eigenvalue weighted by molar-refractivity contribution is 5.78. The monoisotopic (exact) mass is 338 g/mol. The summed E-state index contributed by atoms with van der Waals surface area (Å²) >= 11 is 0. The van der Waals surface area contributed by atoms with Crippen LogP contribution in [0.1, 0.15) is 44.9 Å². The molecule has 0 aromatic carbocycles. The molecule has 136 valence electrons. The van der Waals surface area contributed by atoms with Gasteiger partial charge in [0, 0.05) is 12.6 Å². The summed E-state index contributed by atoms with van der Waals surface area (Å²) in [5.41, 5.74) is 0. The van der Waals surface area contributed by atoms with Gasteiger partial charge in [0.2, 0.25) is 11.8 Å². The number of hydrogen-bond acceptors (Lipinski definition) is 4. The van der Waals surface area contributed by atoms with Gasteiger partial charge in [-0.1, -0.05) is 6.42 Å². The van der Waals surface area contributed by atoms with Crippen LogP contribution in [0, 0.1) is 17.8 Å². The first kappa shape index (κ1) is 17.7. The van der Waals surface area contributed by atoms with Gasteiger partial charge in [-0.05, 0) is 56.3 Å². The highest BCUT2D eigenvalue weighted by Crippen LogP contribution is 2.29. The Labute approximate surface area is 144 Å². The number of carbonyl (C=O) groups is 2. The Morgan fingerprint density at radius 3 is 2.08 bits per heavy atom. The molecule has 0 saturated heterocycles. The zero-order chi connectivity index (χ0) is 16.8. The molecule has 3 aliphatic carbocycles. The first-order valence-corrected chi connectivity index (χ1v) is 9.42. The predicted molar refractivity (Wildman–Crippen MR) is 89.4 cm³/mol. The molecule has 0 aromatic rings. The van der Waals surface area contributed by atoms with Gasteiger partial charge < -0.3 is 20.1 Å². The van der Waals surface area contributed by atoms with E-state index in [9.17, 15) is 9.59 Å². The Bertz CT molecular complexity index is 435. The SMILES string of the molecule is O=C(COCC1CC1)NC[C@H]1CCC[C@@H]1NC(=O)COCC1CC1. The number of nitrogens with one attached hydrogen (secondary N) is 2. The van der Waals surface area contributed by atoms with Crippen molar-refractivity contribution in [3.05, 3.63) is 0 Å². The summed E-state index contributed by atoms with van der Waals surface area (Å²) in [5, 5.41) is 6.01. The van der Waals surface area contributed by atoms with Crippen LogP contribution in [-0.2, 0) is 19.1 Å². The molecule has 0 aromatic heterocycles. The van der Waals surface area contributed by atoms with Crippen molar-refractivity contribution in [1.29, 1.82) is 0 Å². The van der Waals surface area contributed by atoms with Gasteiger partial charge >= 0.3 is 0 Å². The van der Waals surface area contributed by atoms with Crippen molar-refractivity contribution >= 4 is 11.8 Å². The zero-order valence-corrected chi connectivity index (χ0v) is 14.4. The first-order valence-electron chi connectivity index (χ1n) is 9.42. The van der Waals surface area contributed by atoms with Crippen LogP contribution in [0.5, 0.6) is 0 Å². The molecule has 3 rings (SSSR count). The molecule has 2 amide bonds. The smallest absolute Gasteiger partial charge is 0.246 e. The third-order valence-corrected chi connectivity index (χ3v) is 5.13. The van der Waals surface area contributed by atoms with Crippen LogP contribution in [0.15, 0.2) is 0 Å². The van der Waals surface area contributed by atoms with Gasteiger partial charge in [-0.2, -0.15) is 0 Å². The third kappa shape index (κ3) is 6.40. The number of rotatable bonds is 11. The Hall–Kier alpha value is -1.14. The standard InChI is InChI=1S/C18H30N2O4/c21-17(11-23-9-13-4-5-13)19-8-15-2-1-3-16(15)20-18(22)12-24-10-14-6-7-14/h13-16H,1-12H2,(H,19,21)(H,20,22)/t15-,16+/m1/s1. The van der Waals surface area contributed by atoms with E-state index in [-0.39, 0.29) is 31.1 Å². The molecule has 6 nitrogen and oxygen atoms in total. The van der Waals surface area contributed by atoms with Gasteiger partial charge in [0.05, 0.1) is 13.2 Å². The number of carbonyl (C=O) groups excluding carboxylic acids is 2. The highest BCUT2D eigenvalue weighted by atomic mass is 16.5. The Morgan fingerprint density at radius 2 is 1.46 bits per heavy atom. The molecule has 24 heavy (non-hydrogen) atoms. The van der Waals surface area contributed by atoms with Crippen molar-refractivity contribution in [3.63, 3.8) is 0 Å². The summed E-state index contributed by atoms with van der Waals surface area (Å²) in [5.74, 6) is 1.57. The highest BCUT2D eigenvalue weighted by Gasteiger charge is 2.29. The van der Waals surface area contributed by atoms with Crippen LogP contribution in [0.3, 0.4) is 0 Å². The fourth-order valence-corrected chi connectivity index (χ4v) is 3.22. The molecule has 0 radical (unpaired) electrons. The summed E-state index contributed by atoms with van der Waals surface area (Å²) in [6.07, 6.45) is 8.04. The van der Waals surface area contributed by atoms with Gasteiger partial charge in [-0.3, -0.25) is 9.59 Å². The maximum absolute atomic E-state index is 12.0. The van der Waals surface area contributed by atoms with Crippen molar-refractivity contribution in [2.45, 2.75) is 51.0 Å². The van der Waals surface area contributed by atoms with E-state index >= 15 is 0 Å². The second-order valence-electron chi connectivity index (χ2n) is 7.59. The van der Waals surface area contributed by atoms with Crippen LogP contribution >= 0.6 is 0 Å². The lowest BCUT2D eigenvalue weighted by Crippen LogP contribution is -2.43. The predicted octanol–water partition coefficient (Wildman–Crippen LogP) is 1.24. The summed E-state index contributed by atoms with van der Waals surface area (Å²) in [6.45, 7) is 2.32. The lowest BCUT2D eigenvalue weighted by molar-refractivity contribution is -0.126. The Morgan fingerprint density at radius 1 is 0.833 bits per heavy atom. The molecule has 0 heterocycles. The molecule has 3 aliphatic rings. The lowest BCUT2D eigenvalue weighted by Gasteiger charge is -2.21.